The van der Waals surface area contributed by atoms with Crippen molar-refractivity contribution in [3.8, 4) is 0 Å². The first-order valence-corrected chi connectivity index (χ1v) is 7.18. The Kier molecular flexibility index (Phi) is 3.41. The average molecular weight is 288 g/mol. The predicted octanol–water partition coefficient (Wildman–Crippen LogP) is 1.50. The van der Waals surface area contributed by atoms with Gasteiger partial charge in [0.1, 0.15) is 0 Å². The van der Waals surface area contributed by atoms with E-state index < -0.39 is 0 Å². The molecule has 1 fully saturated rings. The molecule has 0 N–H and O–H groups in total. The maximum absolute atomic E-state index is 12.7. The van der Waals surface area contributed by atoms with Crippen LogP contribution in [0.2, 0.25) is 0 Å². The van der Waals surface area contributed by atoms with E-state index in [0.29, 0.717) is 32.1 Å². The third-order valence-corrected chi connectivity index (χ3v) is 3.65. The highest BCUT2D eigenvalue weighted by Crippen LogP contribution is 2.26. The second-order valence-electron chi connectivity index (χ2n) is 6.27. The van der Waals surface area contributed by atoms with Crippen LogP contribution in [-0.2, 0) is 10.2 Å². The summed E-state index contributed by atoms with van der Waals surface area (Å²) in [6.45, 7) is 8.67. The number of fused-ring (bicyclic) bond motifs is 1. The Labute approximate surface area is 123 Å². The summed E-state index contributed by atoms with van der Waals surface area (Å²) in [5.41, 5.74) is 1.64. The molecule has 2 aromatic rings. The molecular weight excluding hydrogens is 268 g/mol. The van der Waals surface area contributed by atoms with Crippen molar-refractivity contribution in [2.45, 2.75) is 26.2 Å². The van der Waals surface area contributed by atoms with Crippen molar-refractivity contribution in [3.05, 3.63) is 30.1 Å². The van der Waals surface area contributed by atoms with E-state index in [1.807, 2.05) is 4.40 Å². The molecule has 0 aromatic carbocycles. The van der Waals surface area contributed by atoms with Crippen molar-refractivity contribution in [1.82, 2.24) is 19.3 Å². The number of hydrogen-bond donors (Lipinski definition) is 0. The van der Waals surface area contributed by atoms with Crippen molar-refractivity contribution in [2.24, 2.45) is 0 Å². The molecule has 0 unspecified atom stereocenters. The lowest BCUT2D eigenvalue weighted by molar-refractivity contribution is 0.0294. The number of rotatable bonds is 1. The van der Waals surface area contributed by atoms with Crippen LogP contribution in [0.15, 0.2) is 18.6 Å². The van der Waals surface area contributed by atoms with Crippen LogP contribution < -0.4 is 0 Å². The van der Waals surface area contributed by atoms with Gasteiger partial charge in [0, 0.05) is 30.9 Å². The lowest BCUT2D eigenvalue weighted by Crippen LogP contribution is -2.41. The molecule has 1 saturated heterocycles. The van der Waals surface area contributed by atoms with Gasteiger partial charge < -0.3 is 9.64 Å². The molecule has 0 bridgehead atoms. The van der Waals surface area contributed by atoms with E-state index in [-0.39, 0.29) is 11.3 Å². The lowest BCUT2D eigenvalue weighted by Gasteiger charge is -2.26. The van der Waals surface area contributed by atoms with Gasteiger partial charge in [-0.05, 0) is 0 Å². The van der Waals surface area contributed by atoms with Crippen molar-refractivity contribution in [3.63, 3.8) is 0 Å². The topological polar surface area (TPSA) is 59.7 Å². The maximum Gasteiger partial charge on any atom is 0.290 e. The van der Waals surface area contributed by atoms with E-state index in [1.54, 1.807) is 23.5 Å². The number of morpholine rings is 1. The fraction of sp³-hybridized carbons (Fsp3) is 0.533. The summed E-state index contributed by atoms with van der Waals surface area (Å²) in [6.07, 6.45) is 5.24. The van der Waals surface area contributed by atoms with Gasteiger partial charge >= 0.3 is 0 Å². The van der Waals surface area contributed by atoms with E-state index in [1.165, 1.54) is 0 Å². The molecule has 1 aliphatic rings. The minimum absolute atomic E-state index is 0.0463. The van der Waals surface area contributed by atoms with Gasteiger partial charge in [0.05, 0.1) is 30.6 Å². The van der Waals surface area contributed by atoms with Crippen LogP contribution in [0.1, 0.15) is 37.1 Å². The number of carbonyl (C=O) groups excluding carboxylic acids is 1. The summed E-state index contributed by atoms with van der Waals surface area (Å²) in [5, 5.41) is 0. The molecule has 3 heterocycles. The van der Waals surface area contributed by atoms with Crippen molar-refractivity contribution in [2.75, 3.05) is 26.3 Å². The van der Waals surface area contributed by atoms with Gasteiger partial charge in [-0.2, -0.15) is 0 Å². The Morgan fingerprint density at radius 2 is 2.00 bits per heavy atom. The first-order chi connectivity index (χ1) is 9.98. The SMILES string of the molecule is CC(C)(C)c1nc(C(=O)N2CCOCC2)n2ccncc12. The van der Waals surface area contributed by atoms with Crippen LogP contribution in [0.3, 0.4) is 0 Å². The zero-order valence-electron chi connectivity index (χ0n) is 12.7. The van der Waals surface area contributed by atoms with Crippen molar-refractivity contribution < 1.29 is 9.53 Å². The van der Waals surface area contributed by atoms with Gasteiger partial charge in [-0.1, -0.05) is 20.8 Å². The number of carbonyl (C=O) groups is 1. The zero-order valence-corrected chi connectivity index (χ0v) is 12.7. The second-order valence-corrected chi connectivity index (χ2v) is 6.27. The van der Waals surface area contributed by atoms with Crippen LogP contribution in [0.4, 0.5) is 0 Å². The van der Waals surface area contributed by atoms with E-state index in [9.17, 15) is 4.79 Å². The van der Waals surface area contributed by atoms with Gasteiger partial charge in [0.15, 0.2) is 0 Å². The van der Waals surface area contributed by atoms with E-state index >= 15 is 0 Å². The molecule has 21 heavy (non-hydrogen) atoms. The highest BCUT2D eigenvalue weighted by molar-refractivity contribution is 5.92. The number of aromatic nitrogens is 3. The fourth-order valence-electron chi connectivity index (χ4n) is 2.55. The third-order valence-electron chi connectivity index (χ3n) is 3.65. The number of hydrogen-bond acceptors (Lipinski definition) is 4. The highest BCUT2D eigenvalue weighted by Gasteiger charge is 2.28. The van der Waals surface area contributed by atoms with Gasteiger partial charge in [-0.25, -0.2) is 4.98 Å². The molecule has 0 aliphatic carbocycles. The smallest absolute Gasteiger partial charge is 0.290 e. The molecule has 0 atom stereocenters. The fourth-order valence-corrected chi connectivity index (χ4v) is 2.55. The van der Waals surface area contributed by atoms with Gasteiger partial charge in [-0.3, -0.25) is 14.2 Å². The number of ether oxygens (including phenoxy) is 1. The largest absolute Gasteiger partial charge is 0.378 e. The Morgan fingerprint density at radius 1 is 1.29 bits per heavy atom. The number of amides is 1. The molecule has 3 rings (SSSR count). The number of nitrogens with zero attached hydrogens (tertiary/aromatic N) is 4. The quantitative estimate of drug-likeness (QED) is 0.798. The highest BCUT2D eigenvalue weighted by atomic mass is 16.5. The van der Waals surface area contributed by atoms with Crippen molar-refractivity contribution in [1.29, 1.82) is 0 Å². The first-order valence-electron chi connectivity index (χ1n) is 7.18. The normalized spacial score (nSPS) is 16.4. The summed E-state index contributed by atoms with van der Waals surface area (Å²) >= 11 is 0. The van der Waals surface area contributed by atoms with Crippen LogP contribution in [0, 0.1) is 0 Å². The van der Waals surface area contributed by atoms with Gasteiger partial charge in [0.25, 0.3) is 5.91 Å². The van der Waals surface area contributed by atoms with E-state index in [2.05, 4.69) is 30.7 Å². The summed E-state index contributed by atoms with van der Waals surface area (Å²) < 4.78 is 7.14. The van der Waals surface area contributed by atoms with Crippen LogP contribution in [-0.4, -0.2) is 51.5 Å². The van der Waals surface area contributed by atoms with Crippen LogP contribution >= 0.6 is 0 Å². The molecule has 112 valence electrons. The molecule has 0 saturated carbocycles. The maximum atomic E-state index is 12.7. The van der Waals surface area contributed by atoms with E-state index in [0.717, 1.165) is 11.2 Å². The second kappa shape index (κ2) is 5.11. The summed E-state index contributed by atoms with van der Waals surface area (Å²) in [6, 6.07) is 0. The number of imidazole rings is 1. The summed E-state index contributed by atoms with van der Waals surface area (Å²) in [4.78, 5) is 23.3. The van der Waals surface area contributed by atoms with E-state index in [4.69, 9.17) is 4.74 Å². The van der Waals surface area contributed by atoms with Crippen LogP contribution in [0.5, 0.6) is 0 Å². The molecule has 6 heteroatoms. The summed E-state index contributed by atoms with van der Waals surface area (Å²) in [5.74, 6) is 0.411. The summed E-state index contributed by atoms with van der Waals surface area (Å²) in [7, 11) is 0. The Hall–Kier alpha value is -1.95. The predicted molar refractivity (Wildman–Crippen MR) is 78.4 cm³/mol. The molecular formula is C15H20N4O2. The molecule has 0 spiro atoms. The third kappa shape index (κ3) is 2.51. The average Bonchev–Trinajstić information content (AvgIpc) is 2.87. The first kappa shape index (κ1) is 14.0. The molecule has 6 nitrogen and oxygen atoms in total. The zero-order chi connectivity index (χ0) is 15.0. The lowest BCUT2D eigenvalue weighted by atomic mass is 9.92. The Morgan fingerprint density at radius 3 is 2.67 bits per heavy atom. The monoisotopic (exact) mass is 288 g/mol. The minimum Gasteiger partial charge on any atom is -0.378 e. The van der Waals surface area contributed by atoms with Crippen LogP contribution in [0.25, 0.3) is 5.52 Å². The molecule has 1 aliphatic heterocycles. The Bertz CT molecular complexity index is 666. The van der Waals surface area contributed by atoms with Gasteiger partial charge in [0.2, 0.25) is 5.82 Å². The van der Waals surface area contributed by atoms with Gasteiger partial charge in [-0.15, -0.1) is 0 Å². The molecule has 0 radical (unpaired) electrons. The van der Waals surface area contributed by atoms with Crippen molar-refractivity contribution >= 4 is 11.4 Å². The Balaban J connectivity index is 2.08. The molecule has 1 amide bonds. The molecule has 2 aromatic heterocycles. The minimum atomic E-state index is -0.141. The standard InChI is InChI=1S/C15H20N4O2/c1-15(2,3)12-11-10-16-4-5-19(11)13(17-12)14(20)18-6-8-21-9-7-18/h4-5,10H,6-9H2,1-3H3.